The lowest BCUT2D eigenvalue weighted by molar-refractivity contribution is -0.161. The van der Waals surface area contributed by atoms with Gasteiger partial charge in [0.2, 0.25) is 0 Å². The molecule has 2 atom stereocenters. The molecule has 0 bridgehead atoms. The summed E-state index contributed by atoms with van der Waals surface area (Å²) in [7, 11) is -4.39. The molecule has 0 saturated carbocycles. The maximum absolute atomic E-state index is 12.8. The number of nitrogens with two attached hydrogens (primary N) is 1. The van der Waals surface area contributed by atoms with E-state index in [-0.39, 0.29) is 38.6 Å². The van der Waals surface area contributed by atoms with Crippen molar-refractivity contribution in [2.75, 3.05) is 26.4 Å². The molecule has 97 heavy (non-hydrogen) atoms. The summed E-state index contributed by atoms with van der Waals surface area (Å²) >= 11 is 0. The number of unbranched alkanes of at least 4 members (excludes halogenated alkanes) is 71. The smallest absolute Gasteiger partial charge is 0.462 e. The highest BCUT2D eigenvalue weighted by atomic mass is 31.2. The number of hydrogen-bond acceptors (Lipinski definition) is 8. The average molecular weight is 1390 g/mol. The van der Waals surface area contributed by atoms with Crippen LogP contribution in [0.15, 0.2) is 12.2 Å². The van der Waals surface area contributed by atoms with Crippen molar-refractivity contribution >= 4 is 19.8 Å². The standard InChI is InChI=1S/C87H172NO8P/c1-3-5-7-9-11-13-15-17-19-21-23-25-27-29-31-33-35-37-39-41-42-44-45-47-49-51-53-55-57-59-61-63-65-67-69-71-73-75-77-79-86(89)93-83-85(84-95-97(91,92)94-82-81-88)96-87(90)80-78-76-74-72-70-68-66-64-62-60-58-56-54-52-50-48-46-43-40-38-36-34-32-30-28-26-24-22-20-18-16-14-12-10-8-6-4-2/h22,24,85H,3-21,23,25-84,88H2,1-2H3,(H,91,92)/b24-22-. The molecule has 0 saturated heterocycles. The van der Waals surface area contributed by atoms with Gasteiger partial charge in [-0.3, -0.25) is 18.6 Å². The van der Waals surface area contributed by atoms with Gasteiger partial charge in [-0.1, -0.05) is 463 Å². The Balaban J connectivity index is 3.68. The number of hydrogen-bond donors (Lipinski definition) is 2. The minimum Gasteiger partial charge on any atom is -0.462 e. The highest BCUT2D eigenvalue weighted by Gasteiger charge is 2.26. The van der Waals surface area contributed by atoms with Crippen LogP contribution >= 0.6 is 7.82 Å². The van der Waals surface area contributed by atoms with Crippen molar-refractivity contribution in [1.29, 1.82) is 0 Å². The summed E-state index contributed by atoms with van der Waals surface area (Å²) in [5.41, 5.74) is 5.42. The normalized spacial score (nSPS) is 12.7. The third kappa shape index (κ3) is 83.6. The number of allylic oxidation sites excluding steroid dienone is 2. The minimum atomic E-state index is -4.39. The van der Waals surface area contributed by atoms with E-state index in [2.05, 4.69) is 26.0 Å². The van der Waals surface area contributed by atoms with Crippen LogP contribution in [0, 0.1) is 0 Å². The van der Waals surface area contributed by atoms with Crippen molar-refractivity contribution in [1.82, 2.24) is 0 Å². The number of rotatable bonds is 86. The minimum absolute atomic E-state index is 0.0583. The van der Waals surface area contributed by atoms with Gasteiger partial charge in [0, 0.05) is 19.4 Å². The summed E-state index contributed by atoms with van der Waals surface area (Å²) in [6, 6.07) is 0. The molecular weight excluding hydrogens is 1220 g/mol. The predicted molar refractivity (Wildman–Crippen MR) is 423 cm³/mol. The Bertz CT molecular complexity index is 1600. The molecule has 578 valence electrons. The summed E-state index contributed by atoms with van der Waals surface area (Å²) in [6.45, 7) is 3.86. The quantitative estimate of drug-likeness (QED) is 0.0264. The van der Waals surface area contributed by atoms with E-state index in [1.54, 1.807) is 0 Å². The number of phosphoric ester groups is 1. The fraction of sp³-hybridized carbons (Fsp3) is 0.954. The highest BCUT2D eigenvalue weighted by molar-refractivity contribution is 7.47. The maximum Gasteiger partial charge on any atom is 0.472 e. The van der Waals surface area contributed by atoms with Gasteiger partial charge in [0.05, 0.1) is 13.2 Å². The van der Waals surface area contributed by atoms with E-state index >= 15 is 0 Å². The van der Waals surface area contributed by atoms with E-state index in [1.807, 2.05) is 0 Å². The van der Waals surface area contributed by atoms with Gasteiger partial charge >= 0.3 is 19.8 Å². The highest BCUT2D eigenvalue weighted by Crippen LogP contribution is 2.43. The Hall–Kier alpha value is -1.25. The first kappa shape index (κ1) is 95.8. The van der Waals surface area contributed by atoms with Crippen LogP contribution in [0.1, 0.15) is 502 Å². The molecule has 10 heteroatoms. The van der Waals surface area contributed by atoms with Crippen LogP contribution < -0.4 is 5.73 Å². The largest absolute Gasteiger partial charge is 0.472 e. The number of phosphoric acid groups is 1. The van der Waals surface area contributed by atoms with E-state index in [9.17, 15) is 19.0 Å². The molecule has 0 aliphatic rings. The van der Waals surface area contributed by atoms with Gasteiger partial charge in [-0.05, 0) is 38.5 Å². The number of carbonyl (C=O) groups excluding carboxylic acids is 2. The fourth-order valence-electron chi connectivity index (χ4n) is 14.1. The predicted octanol–water partition coefficient (Wildman–Crippen LogP) is 29.8. The molecule has 0 aliphatic heterocycles. The first-order valence-corrected chi connectivity index (χ1v) is 45.7. The molecule has 0 spiro atoms. The maximum atomic E-state index is 12.8. The van der Waals surface area contributed by atoms with Crippen LogP contribution in [0.25, 0.3) is 0 Å². The van der Waals surface area contributed by atoms with Crippen LogP contribution in [0.4, 0.5) is 0 Å². The molecule has 2 unspecified atom stereocenters. The molecular formula is C87H172NO8P. The Morgan fingerprint density at radius 1 is 0.299 bits per heavy atom. The second kappa shape index (κ2) is 83.7. The van der Waals surface area contributed by atoms with Crippen molar-refractivity contribution in [3.63, 3.8) is 0 Å². The molecule has 0 aromatic carbocycles. The van der Waals surface area contributed by atoms with E-state index < -0.39 is 26.5 Å². The van der Waals surface area contributed by atoms with Crippen molar-refractivity contribution in [3.05, 3.63) is 12.2 Å². The Labute approximate surface area is 606 Å². The Kier molecular flexibility index (Phi) is 82.6. The Morgan fingerprint density at radius 2 is 0.505 bits per heavy atom. The molecule has 9 nitrogen and oxygen atoms in total. The molecule has 0 heterocycles. The topological polar surface area (TPSA) is 134 Å². The van der Waals surface area contributed by atoms with Crippen LogP contribution in [0.5, 0.6) is 0 Å². The lowest BCUT2D eigenvalue weighted by Gasteiger charge is -2.19. The zero-order valence-electron chi connectivity index (χ0n) is 65.6. The fourth-order valence-corrected chi connectivity index (χ4v) is 14.9. The van der Waals surface area contributed by atoms with Gasteiger partial charge in [0.1, 0.15) is 6.61 Å². The second-order valence-electron chi connectivity index (χ2n) is 30.5. The summed E-state index contributed by atoms with van der Waals surface area (Å²) in [6.07, 6.45) is 106. The van der Waals surface area contributed by atoms with Gasteiger partial charge < -0.3 is 20.1 Å². The molecule has 0 fully saturated rings. The average Bonchev–Trinajstić information content (AvgIpc) is 2.17. The lowest BCUT2D eigenvalue weighted by atomic mass is 10.0. The van der Waals surface area contributed by atoms with Crippen LogP contribution in [0.3, 0.4) is 0 Å². The van der Waals surface area contributed by atoms with E-state index in [1.165, 1.54) is 437 Å². The van der Waals surface area contributed by atoms with Gasteiger partial charge in [-0.15, -0.1) is 0 Å². The summed E-state index contributed by atoms with van der Waals surface area (Å²) in [5, 5.41) is 0. The number of ether oxygens (including phenoxy) is 2. The van der Waals surface area contributed by atoms with Gasteiger partial charge in [-0.25, -0.2) is 4.57 Å². The third-order valence-corrected chi connectivity index (χ3v) is 21.6. The molecule has 0 amide bonds. The summed E-state index contributed by atoms with van der Waals surface area (Å²) < 4.78 is 33.3. The van der Waals surface area contributed by atoms with E-state index in [0.29, 0.717) is 6.42 Å². The zero-order chi connectivity index (χ0) is 70.0. The van der Waals surface area contributed by atoms with Crippen molar-refractivity contribution in [2.24, 2.45) is 5.73 Å². The van der Waals surface area contributed by atoms with Crippen LogP contribution in [-0.2, 0) is 32.7 Å². The molecule has 0 aliphatic carbocycles. The third-order valence-electron chi connectivity index (χ3n) is 20.7. The van der Waals surface area contributed by atoms with Crippen molar-refractivity contribution in [2.45, 2.75) is 508 Å². The summed E-state index contributed by atoms with van der Waals surface area (Å²) in [4.78, 5) is 35.5. The molecule has 0 aromatic heterocycles. The zero-order valence-corrected chi connectivity index (χ0v) is 66.5. The molecule has 0 rings (SSSR count). The van der Waals surface area contributed by atoms with E-state index in [0.717, 1.165) is 32.1 Å². The van der Waals surface area contributed by atoms with E-state index in [4.69, 9.17) is 24.3 Å². The second-order valence-corrected chi connectivity index (χ2v) is 31.9. The van der Waals surface area contributed by atoms with Crippen molar-refractivity contribution < 1.29 is 37.6 Å². The first-order chi connectivity index (χ1) is 47.8. The lowest BCUT2D eigenvalue weighted by Crippen LogP contribution is -2.29. The monoisotopic (exact) mass is 1390 g/mol. The summed E-state index contributed by atoms with van der Waals surface area (Å²) in [5.74, 6) is -0.794. The van der Waals surface area contributed by atoms with Gasteiger partial charge in [0.25, 0.3) is 0 Å². The first-order valence-electron chi connectivity index (χ1n) is 44.2. The van der Waals surface area contributed by atoms with Crippen LogP contribution in [-0.4, -0.2) is 49.3 Å². The molecule has 0 radical (unpaired) electrons. The van der Waals surface area contributed by atoms with Gasteiger partial charge in [0.15, 0.2) is 6.10 Å². The molecule has 0 aromatic rings. The molecule has 3 N–H and O–H groups in total. The van der Waals surface area contributed by atoms with Crippen LogP contribution in [0.2, 0.25) is 0 Å². The SMILES string of the molecule is CCCCCCCCCC/C=C\CCCCCCCCCCCCCCCCCCCCCCCCCCCC(=O)OC(COC(=O)CCCCCCCCCCCCCCCCCCCCCCCCCCCCCCCCCCCCCCCCC)COP(=O)(O)OCCN. The number of carbonyl (C=O) groups is 2. The Morgan fingerprint density at radius 3 is 0.732 bits per heavy atom. The number of esters is 2. The van der Waals surface area contributed by atoms with Gasteiger partial charge in [-0.2, -0.15) is 0 Å². The van der Waals surface area contributed by atoms with Crippen molar-refractivity contribution in [3.8, 4) is 0 Å².